The molecule has 98 heavy (non-hydrogen) atoms. The molecule has 582 valence electrons. The van der Waals surface area contributed by atoms with Crippen molar-refractivity contribution in [1.82, 2.24) is 0 Å². The van der Waals surface area contributed by atoms with Crippen LogP contribution in [0.3, 0.4) is 0 Å². The van der Waals surface area contributed by atoms with Gasteiger partial charge in [0.1, 0.15) is 19.3 Å². The first-order valence-corrected chi connectivity index (χ1v) is 43.7. The molecule has 0 radical (unpaired) electrons. The molecule has 17 nitrogen and oxygen atoms in total. The molecule has 0 saturated carbocycles. The summed E-state index contributed by atoms with van der Waals surface area (Å²) in [7, 11) is -9.92. The third kappa shape index (κ3) is 72.4. The zero-order chi connectivity index (χ0) is 72.4. The smallest absolute Gasteiger partial charge is 0.462 e. The van der Waals surface area contributed by atoms with Crippen LogP contribution >= 0.6 is 15.6 Å². The number of rotatable bonds is 76. The van der Waals surface area contributed by atoms with E-state index < -0.39 is 97.5 Å². The Labute approximate surface area is 600 Å². The van der Waals surface area contributed by atoms with E-state index in [1.165, 1.54) is 205 Å². The number of carbonyl (C=O) groups excluding carboxylic acids is 4. The average Bonchev–Trinajstić information content (AvgIpc) is 1.07. The van der Waals surface area contributed by atoms with Crippen LogP contribution in [-0.4, -0.2) is 96.7 Å². The molecule has 0 aromatic carbocycles. The molecule has 0 aromatic rings. The fourth-order valence-electron chi connectivity index (χ4n) is 12.1. The van der Waals surface area contributed by atoms with Crippen molar-refractivity contribution in [3.8, 4) is 0 Å². The molecule has 5 atom stereocenters. The van der Waals surface area contributed by atoms with Crippen molar-refractivity contribution in [2.75, 3.05) is 39.6 Å². The van der Waals surface area contributed by atoms with Gasteiger partial charge in [0.15, 0.2) is 12.2 Å². The van der Waals surface area contributed by atoms with Crippen molar-refractivity contribution in [2.45, 2.75) is 420 Å². The SMILES string of the molecule is CC(C)CCCCCCCCCCCCCCCCCCC(=O)OC[C@H](COP(=O)(O)OCC(O)COP(=O)(O)OC[C@@H](COC(=O)CCCCCCCCCCC(C)C)OC(=O)CCCCCCCCCCCCC(C)C)OC(=O)CCCCCCCCCCCCCCC(C)C. The Hall–Kier alpha value is -1.94. The van der Waals surface area contributed by atoms with Crippen LogP contribution in [0.4, 0.5) is 0 Å². The van der Waals surface area contributed by atoms with Crippen molar-refractivity contribution in [1.29, 1.82) is 0 Å². The first kappa shape index (κ1) is 96.1. The van der Waals surface area contributed by atoms with Crippen molar-refractivity contribution in [2.24, 2.45) is 23.7 Å². The van der Waals surface area contributed by atoms with Crippen molar-refractivity contribution >= 4 is 39.5 Å². The topological polar surface area (TPSA) is 237 Å². The van der Waals surface area contributed by atoms with Gasteiger partial charge in [-0.25, -0.2) is 9.13 Å². The number of hydrogen-bond acceptors (Lipinski definition) is 15. The summed E-state index contributed by atoms with van der Waals surface area (Å²) >= 11 is 0. The first-order chi connectivity index (χ1) is 47.1. The van der Waals surface area contributed by atoms with Gasteiger partial charge in [0.25, 0.3) is 0 Å². The number of aliphatic hydroxyl groups is 1. The normalized spacial score (nSPS) is 14.1. The number of esters is 4. The van der Waals surface area contributed by atoms with E-state index in [0.29, 0.717) is 25.7 Å². The molecule has 3 N–H and O–H groups in total. The molecule has 0 rings (SSSR count). The van der Waals surface area contributed by atoms with E-state index in [0.717, 1.165) is 114 Å². The molecule has 0 fully saturated rings. The van der Waals surface area contributed by atoms with Gasteiger partial charge in [0.05, 0.1) is 26.4 Å². The van der Waals surface area contributed by atoms with Crippen LogP contribution in [0.5, 0.6) is 0 Å². The number of phosphoric acid groups is 2. The van der Waals surface area contributed by atoms with E-state index in [-0.39, 0.29) is 25.7 Å². The summed E-state index contributed by atoms with van der Waals surface area (Å²) < 4.78 is 68.6. The van der Waals surface area contributed by atoms with Crippen LogP contribution in [-0.2, 0) is 65.4 Å². The van der Waals surface area contributed by atoms with Gasteiger partial charge in [-0.15, -0.1) is 0 Å². The van der Waals surface area contributed by atoms with Crippen molar-refractivity contribution < 1.29 is 80.2 Å². The standard InChI is InChI=1S/C79H154O17P2/c1-69(2)55-47-39-31-23-17-13-11-9-10-12-14-19-26-35-43-51-59-76(81)89-65-74(95-78(83)61-53-45-37-27-20-16-15-18-24-32-40-48-56-70(3)4)67-93-97(85,86)91-63-73(80)64-92-98(87,88)94-68-75(66-90-77(82)60-52-44-36-30-29-34-42-50-58-72(7)8)96-79(84)62-54-46-38-28-22-21-25-33-41-49-57-71(5)6/h69-75,80H,9-68H2,1-8H3,(H,85,86)(H,87,88)/t73?,74-,75-/m1/s1. The van der Waals surface area contributed by atoms with Gasteiger partial charge < -0.3 is 33.8 Å². The first-order valence-electron chi connectivity index (χ1n) is 40.7. The Kier molecular flexibility index (Phi) is 66.8. The van der Waals surface area contributed by atoms with Crippen molar-refractivity contribution in [3.63, 3.8) is 0 Å². The molecule has 0 amide bonds. The molecule has 0 heterocycles. The zero-order valence-electron chi connectivity index (χ0n) is 64.4. The third-order valence-corrected chi connectivity index (χ3v) is 20.2. The molecule has 0 saturated heterocycles. The van der Waals surface area contributed by atoms with Crippen LogP contribution in [0.15, 0.2) is 0 Å². The maximum Gasteiger partial charge on any atom is 0.472 e. The molecule has 0 aliphatic heterocycles. The van der Waals surface area contributed by atoms with E-state index in [4.69, 9.17) is 37.0 Å². The van der Waals surface area contributed by atoms with E-state index in [2.05, 4.69) is 55.4 Å². The van der Waals surface area contributed by atoms with Gasteiger partial charge in [-0.2, -0.15) is 0 Å². The molecule has 0 bridgehead atoms. The second kappa shape index (κ2) is 68.2. The van der Waals surface area contributed by atoms with Crippen LogP contribution in [0.2, 0.25) is 0 Å². The summed E-state index contributed by atoms with van der Waals surface area (Å²) in [6.45, 7) is 14.2. The fourth-order valence-corrected chi connectivity index (χ4v) is 13.7. The summed E-state index contributed by atoms with van der Waals surface area (Å²) in [5, 5.41) is 10.6. The zero-order valence-corrected chi connectivity index (χ0v) is 66.2. The van der Waals surface area contributed by atoms with Crippen LogP contribution in [0.25, 0.3) is 0 Å². The van der Waals surface area contributed by atoms with Crippen molar-refractivity contribution in [3.05, 3.63) is 0 Å². The Morgan fingerprint density at radius 2 is 0.429 bits per heavy atom. The number of unbranched alkanes of at least 4 members (excludes halogenated alkanes) is 42. The summed E-state index contributed by atoms with van der Waals surface area (Å²) in [4.78, 5) is 72.9. The van der Waals surface area contributed by atoms with Gasteiger partial charge >= 0.3 is 39.5 Å². The fraction of sp³-hybridized carbons (Fsp3) is 0.949. The molecular formula is C79H154O17P2. The minimum absolute atomic E-state index is 0.105. The van der Waals surface area contributed by atoms with E-state index in [1.807, 2.05) is 0 Å². The number of ether oxygens (including phenoxy) is 4. The lowest BCUT2D eigenvalue weighted by Gasteiger charge is -2.21. The molecule has 0 spiro atoms. The van der Waals surface area contributed by atoms with E-state index in [1.54, 1.807) is 0 Å². The predicted molar refractivity (Wildman–Crippen MR) is 400 cm³/mol. The summed E-state index contributed by atoms with van der Waals surface area (Å²) in [6.07, 6.45) is 54.1. The second-order valence-electron chi connectivity index (χ2n) is 30.4. The minimum Gasteiger partial charge on any atom is -0.462 e. The summed E-state index contributed by atoms with van der Waals surface area (Å²) in [6, 6.07) is 0. The molecule has 0 aliphatic carbocycles. The number of hydrogen-bond donors (Lipinski definition) is 3. The summed E-state index contributed by atoms with van der Waals surface area (Å²) in [5.74, 6) is 0.951. The Balaban J connectivity index is 5.24. The van der Waals surface area contributed by atoms with Gasteiger partial charge in [-0.3, -0.25) is 37.3 Å². The Morgan fingerprint density at radius 1 is 0.255 bits per heavy atom. The maximum atomic E-state index is 13.1. The quantitative estimate of drug-likeness (QED) is 0.0222. The largest absolute Gasteiger partial charge is 0.472 e. The number of carbonyl (C=O) groups is 4. The summed E-state index contributed by atoms with van der Waals surface area (Å²) in [5.41, 5.74) is 0. The lowest BCUT2D eigenvalue weighted by Crippen LogP contribution is -2.30. The van der Waals surface area contributed by atoms with Crippen LogP contribution < -0.4 is 0 Å². The number of phosphoric ester groups is 2. The lowest BCUT2D eigenvalue weighted by atomic mass is 10.0. The molecule has 0 aromatic heterocycles. The van der Waals surface area contributed by atoms with Crippen LogP contribution in [0, 0.1) is 23.7 Å². The lowest BCUT2D eigenvalue weighted by molar-refractivity contribution is -0.161. The average molecular weight is 1440 g/mol. The Bertz CT molecular complexity index is 1920. The highest BCUT2D eigenvalue weighted by molar-refractivity contribution is 7.47. The predicted octanol–water partition coefficient (Wildman–Crippen LogP) is 23.2. The highest BCUT2D eigenvalue weighted by Gasteiger charge is 2.30. The maximum absolute atomic E-state index is 13.1. The van der Waals surface area contributed by atoms with Gasteiger partial charge in [-0.05, 0) is 49.4 Å². The van der Waals surface area contributed by atoms with Gasteiger partial charge in [-0.1, -0.05) is 351 Å². The van der Waals surface area contributed by atoms with E-state index in [9.17, 15) is 43.2 Å². The van der Waals surface area contributed by atoms with Crippen LogP contribution in [0.1, 0.15) is 402 Å². The molecule has 19 heteroatoms. The van der Waals surface area contributed by atoms with Gasteiger partial charge in [0.2, 0.25) is 0 Å². The molecule has 0 aliphatic rings. The minimum atomic E-state index is -4.96. The Morgan fingerprint density at radius 3 is 0.633 bits per heavy atom. The highest BCUT2D eigenvalue weighted by atomic mass is 31.2. The molecular weight excluding hydrogens is 1280 g/mol. The molecule has 3 unspecified atom stereocenters. The number of aliphatic hydroxyl groups excluding tert-OH is 1. The van der Waals surface area contributed by atoms with E-state index >= 15 is 0 Å². The third-order valence-electron chi connectivity index (χ3n) is 18.3. The van der Waals surface area contributed by atoms with Gasteiger partial charge in [0, 0.05) is 25.7 Å². The monoisotopic (exact) mass is 1440 g/mol. The second-order valence-corrected chi connectivity index (χ2v) is 33.3. The highest BCUT2D eigenvalue weighted by Crippen LogP contribution is 2.45.